The summed E-state index contributed by atoms with van der Waals surface area (Å²) < 4.78 is 26.4. The molecule has 4 rings (SSSR count). The molecule has 1 aromatic carbocycles. The lowest BCUT2D eigenvalue weighted by molar-refractivity contribution is 0.121. The number of nitriles is 1. The second kappa shape index (κ2) is 7.92. The Bertz CT molecular complexity index is 1170. The molecule has 31 heavy (non-hydrogen) atoms. The van der Waals surface area contributed by atoms with Gasteiger partial charge in [-0.15, -0.1) is 0 Å². The van der Waals surface area contributed by atoms with Crippen LogP contribution >= 0.6 is 0 Å². The molecule has 2 aromatic heterocycles. The summed E-state index contributed by atoms with van der Waals surface area (Å²) in [6, 6.07) is 7.59. The van der Waals surface area contributed by atoms with E-state index in [1.165, 1.54) is 10.9 Å². The predicted octanol–water partition coefficient (Wildman–Crippen LogP) is 3.20. The molecule has 0 amide bonds. The van der Waals surface area contributed by atoms with Gasteiger partial charge in [0.25, 0.3) is 6.43 Å². The summed E-state index contributed by atoms with van der Waals surface area (Å²) in [5, 5.41) is 29.8. The largest absolute Gasteiger partial charge is 0.395 e. The average molecular weight is 425 g/mol. The molecule has 3 aromatic rings. The van der Waals surface area contributed by atoms with Crippen molar-refractivity contribution < 1.29 is 13.9 Å². The first-order chi connectivity index (χ1) is 14.8. The van der Waals surface area contributed by atoms with Crippen molar-refractivity contribution in [3.63, 3.8) is 0 Å². The minimum Gasteiger partial charge on any atom is -0.395 e. The van der Waals surface area contributed by atoms with Crippen LogP contribution in [0.2, 0.25) is 0 Å². The van der Waals surface area contributed by atoms with Crippen molar-refractivity contribution in [3.05, 3.63) is 47.4 Å². The van der Waals surface area contributed by atoms with E-state index in [1.54, 1.807) is 25.3 Å². The highest BCUT2D eigenvalue weighted by atomic mass is 19.3. The van der Waals surface area contributed by atoms with Crippen LogP contribution in [-0.4, -0.2) is 44.4 Å². The van der Waals surface area contributed by atoms with Gasteiger partial charge in [-0.1, -0.05) is 6.92 Å². The van der Waals surface area contributed by atoms with Crippen LogP contribution in [0.5, 0.6) is 0 Å². The van der Waals surface area contributed by atoms with E-state index < -0.39 is 18.4 Å². The van der Waals surface area contributed by atoms with Gasteiger partial charge in [-0.25, -0.2) is 18.7 Å². The Kier molecular flexibility index (Phi) is 5.29. The van der Waals surface area contributed by atoms with Gasteiger partial charge in [0, 0.05) is 29.9 Å². The summed E-state index contributed by atoms with van der Waals surface area (Å²) in [5.74, 6) is 0.277. The summed E-state index contributed by atoms with van der Waals surface area (Å²) in [6.45, 7) is 3.63. The highest BCUT2D eigenvalue weighted by Gasteiger charge is 2.35. The number of aliphatic hydroxyl groups excluding tert-OH is 1. The molecule has 0 saturated carbocycles. The van der Waals surface area contributed by atoms with Gasteiger partial charge in [-0.2, -0.15) is 10.4 Å². The van der Waals surface area contributed by atoms with Crippen molar-refractivity contribution in [2.75, 3.05) is 23.8 Å². The van der Waals surface area contributed by atoms with Crippen LogP contribution in [-0.2, 0) is 12.0 Å². The number of benzene rings is 1. The van der Waals surface area contributed by atoms with E-state index in [4.69, 9.17) is 0 Å². The van der Waals surface area contributed by atoms with E-state index in [-0.39, 0.29) is 12.6 Å². The van der Waals surface area contributed by atoms with Crippen molar-refractivity contribution >= 4 is 17.3 Å². The average Bonchev–Trinajstić information content (AvgIpc) is 3.27. The first-order valence-electron chi connectivity index (χ1n) is 9.69. The van der Waals surface area contributed by atoms with Gasteiger partial charge in [0.05, 0.1) is 34.9 Å². The molecule has 1 atom stereocenters. The summed E-state index contributed by atoms with van der Waals surface area (Å²) in [6.07, 6.45) is 0.561. The fourth-order valence-corrected chi connectivity index (χ4v) is 3.64. The fraction of sp³-hybridized carbons (Fsp3) is 0.333. The molecular formula is C21H21F2N7O. The molecule has 0 aliphatic carbocycles. The molecule has 10 heteroatoms. The van der Waals surface area contributed by atoms with Crippen LogP contribution in [0.25, 0.3) is 11.3 Å². The highest BCUT2D eigenvalue weighted by Crippen LogP contribution is 2.41. The van der Waals surface area contributed by atoms with Crippen molar-refractivity contribution in [2.24, 2.45) is 0 Å². The Morgan fingerprint density at radius 3 is 2.94 bits per heavy atom. The van der Waals surface area contributed by atoms with Crippen LogP contribution in [0.15, 0.2) is 30.6 Å². The molecule has 0 fully saturated rings. The molecule has 3 N–H and O–H groups in total. The van der Waals surface area contributed by atoms with Crippen LogP contribution < -0.4 is 10.6 Å². The molecule has 0 spiro atoms. The van der Waals surface area contributed by atoms with Crippen molar-refractivity contribution in [3.8, 4) is 17.3 Å². The zero-order valence-electron chi connectivity index (χ0n) is 17.0. The van der Waals surface area contributed by atoms with E-state index >= 15 is 0 Å². The lowest BCUT2D eigenvalue weighted by atomic mass is 9.83. The smallest absolute Gasteiger partial charge is 0.257 e. The van der Waals surface area contributed by atoms with Crippen molar-refractivity contribution in [2.45, 2.75) is 32.2 Å². The van der Waals surface area contributed by atoms with Gasteiger partial charge in [-0.05, 0) is 30.7 Å². The van der Waals surface area contributed by atoms with Crippen molar-refractivity contribution in [1.82, 2.24) is 19.7 Å². The molecule has 0 radical (unpaired) electrons. The monoisotopic (exact) mass is 425 g/mol. The highest BCUT2D eigenvalue weighted by molar-refractivity contribution is 5.76. The number of aliphatic hydroxyl groups is 1. The number of hydrogen-bond donors (Lipinski definition) is 3. The topological polar surface area (TPSA) is 112 Å². The fourth-order valence-electron chi connectivity index (χ4n) is 3.64. The van der Waals surface area contributed by atoms with Gasteiger partial charge in [-0.3, -0.25) is 4.68 Å². The zero-order valence-corrected chi connectivity index (χ0v) is 17.0. The molecule has 1 aliphatic heterocycles. The maximum absolute atomic E-state index is 12.6. The molecule has 160 valence electrons. The second-order valence-electron chi connectivity index (χ2n) is 7.76. The van der Waals surface area contributed by atoms with E-state index in [0.717, 1.165) is 11.3 Å². The Balaban J connectivity index is 1.68. The number of rotatable bonds is 6. The van der Waals surface area contributed by atoms with Gasteiger partial charge in [0.1, 0.15) is 12.6 Å². The lowest BCUT2D eigenvalue weighted by Gasteiger charge is -2.21. The van der Waals surface area contributed by atoms with E-state index in [1.807, 2.05) is 13.0 Å². The number of aromatic nitrogens is 4. The quantitative estimate of drug-likeness (QED) is 0.556. The lowest BCUT2D eigenvalue weighted by Crippen LogP contribution is -2.28. The molecule has 1 aliphatic rings. The summed E-state index contributed by atoms with van der Waals surface area (Å²) >= 11 is 0. The van der Waals surface area contributed by atoms with Crippen LogP contribution in [0.4, 0.5) is 26.1 Å². The van der Waals surface area contributed by atoms with E-state index in [2.05, 4.69) is 31.8 Å². The number of aryl methyl sites for hydroxylation is 1. The number of anilines is 3. The number of halogens is 2. The minimum absolute atomic E-state index is 0.0558. The summed E-state index contributed by atoms with van der Waals surface area (Å²) in [7, 11) is 0. The second-order valence-corrected chi connectivity index (χ2v) is 7.76. The van der Waals surface area contributed by atoms with Gasteiger partial charge >= 0.3 is 0 Å². The van der Waals surface area contributed by atoms with Gasteiger partial charge in [0.2, 0.25) is 5.95 Å². The number of fused-ring (bicyclic) bond motifs is 1. The normalized spacial score (nSPS) is 17.3. The van der Waals surface area contributed by atoms with Crippen LogP contribution in [0.3, 0.4) is 0 Å². The standard InChI is InChI=1S/C21H21F2N7O/c1-12-17(8-30(29-12)9-18(22)23)28-20-25-4-3-16(27-20)13-5-14(7-24)19-15(6-13)21(2,11-31)10-26-19/h3-6,8,18,26,31H,9-11H2,1-2H3,(H,25,27,28)/t21-/m1/s1. The Labute approximate surface area is 177 Å². The van der Waals surface area contributed by atoms with Crippen LogP contribution in [0.1, 0.15) is 23.7 Å². The predicted molar refractivity (Wildman–Crippen MR) is 111 cm³/mol. The number of alkyl halides is 2. The number of hydrogen-bond acceptors (Lipinski definition) is 7. The Morgan fingerprint density at radius 2 is 2.23 bits per heavy atom. The third-order valence-corrected chi connectivity index (χ3v) is 5.38. The summed E-state index contributed by atoms with van der Waals surface area (Å²) in [5.41, 5.74) is 3.95. The van der Waals surface area contributed by atoms with E-state index in [0.29, 0.717) is 34.7 Å². The molecule has 0 unspecified atom stereocenters. The third kappa shape index (κ3) is 3.92. The van der Waals surface area contributed by atoms with Gasteiger partial charge < -0.3 is 15.7 Å². The molecule has 8 nitrogen and oxygen atoms in total. The molecule has 0 bridgehead atoms. The third-order valence-electron chi connectivity index (χ3n) is 5.38. The maximum Gasteiger partial charge on any atom is 0.257 e. The SMILES string of the molecule is Cc1nn(CC(F)F)cc1Nc1nccc(-c2cc(C#N)c3c(c2)[C@@](C)(CO)CN3)n1. The first-order valence-corrected chi connectivity index (χ1v) is 9.69. The number of nitrogens with one attached hydrogen (secondary N) is 2. The Hall–Kier alpha value is -3.58. The minimum atomic E-state index is -2.50. The maximum atomic E-state index is 12.6. The van der Waals surface area contributed by atoms with Gasteiger partial charge in [0.15, 0.2) is 0 Å². The molecule has 3 heterocycles. The van der Waals surface area contributed by atoms with E-state index in [9.17, 15) is 19.1 Å². The zero-order chi connectivity index (χ0) is 22.2. The van der Waals surface area contributed by atoms with Crippen LogP contribution in [0, 0.1) is 18.3 Å². The summed E-state index contributed by atoms with van der Waals surface area (Å²) in [4.78, 5) is 8.73. The first kappa shape index (κ1) is 20.7. The van der Waals surface area contributed by atoms with Crippen molar-refractivity contribution in [1.29, 1.82) is 5.26 Å². The Morgan fingerprint density at radius 1 is 1.42 bits per heavy atom. The molecule has 0 saturated heterocycles. The number of nitrogens with zero attached hydrogens (tertiary/aromatic N) is 5. The molecular weight excluding hydrogens is 404 g/mol.